The Morgan fingerprint density at radius 2 is 1.95 bits per heavy atom. The van der Waals surface area contributed by atoms with Gasteiger partial charge < -0.3 is 15.1 Å². The van der Waals surface area contributed by atoms with Crippen LogP contribution in [0.25, 0.3) is 0 Å². The number of hydrogen-bond acceptors (Lipinski definition) is 2. The fourth-order valence-corrected chi connectivity index (χ4v) is 3.52. The monoisotopic (exact) mass is 406 g/mol. The Morgan fingerprint density at radius 3 is 2.57 bits per heavy atom. The number of likely N-dealkylation sites (tertiary alicyclic amines) is 2. The summed E-state index contributed by atoms with van der Waals surface area (Å²) in [6.45, 7) is 9.76. The average Bonchev–Trinajstić information content (AvgIpc) is 2.88. The number of hydrogen-bond donors (Lipinski definition) is 1. The van der Waals surface area contributed by atoms with E-state index in [1.807, 2.05) is 7.05 Å². The van der Waals surface area contributed by atoms with E-state index < -0.39 is 0 Å². The molecule has 1 saturated carbocycles. The Kier molecular flexibility index (Phi) is 6.17. The highest BCUT2D eigenvalue weighted by Crippen LogP contribution is 2.44. The molecule has 5 heteroatoms. The van der Waals surface area contributed by atoms with E-state index in [9.17, 15) is 0 Å². The third-order valence-electron chi connectivity index (χ3n) is 5.29. The van der Waals surface area contributed by atoms with E-state index in [0.29, 0.717) is 5.41 Å². The summed E-state index contributed by atoms with van der Waals surface area (Å²) in [6.07, 6.45) is 6.87. The molecule has 0 radical (unpaired) electrons. The van der Waals surface area contributed by atoms with Crippen molar-refractivity contribution in [2.45, 2.75) is 39.0 Å². The summed E-state index contributed by atoms with van der Waals surface area (Å²) >= 11 is 0. The number of guanidine groups is 1. The standard InChI is InChI=1S/C16H30N4.HI/c1-16(6-7-16)13-18-15(17-2)20-10-5-14(12-20)11-19-8-3-4-9-19;/h14H,3-13H2,1-2H3,(H,17,18);1H. The van der Waals surface area contributed by atoms with E-state index >= 15 is 0 Å². The van der Waals surface area contributed by atoms with Crippen molar-refractivity contribution >= 4 is 29.9 Å². The average molecular weight is 406 g/mol. The highest BCUT2D eigenvalue weighted by molar-refractivity contribution is 14.0. The second-order valence-electron chi connectivity index (χ2n) is 7.32. The van der Waals surface area contributed by atoms with Crippen molar-refractivity contribution in [3.05, 3.63) is 0 Å². The predicted molar refractivity (Wildman–Crippen MR) is 99.5 cm³/mol. The summed E-state index contributed by atoms with van der Waals surface area (Å²) in [5.74, 6) is 1.96. The van der Waals surface area contributed by atoms with Crippen molar-refractivity contribution < 1.29 is 0 Å². The van der Waals surface area contributed by atoms with Crippen molar-refractivity contribution in [3.63, 3.8) is 0 Å². The van der Waals surface area contributed by atoms with Crippen LogP contribution in [0.15, 0.2) is 4.99 Å². The first-order valence-corrected chi connectivity index (χ1v) is 8.36. The lowest BCUT2D eigenvalue weighted by molar-refractivity contribution is 0.281. The fraction of sp³-hybridized carbons (Fsp3) is 0.938. The first-order chi connectivity index (χ1) is 9.68. The minimum atomic E-state index is 0. The summed E-state index contributed by atoms with van der Waals surface area (Å²) in [5, 5.41) is 3.59. The van der Waals surface area contributed by atoms with E-state index in [4.69, 9.17) is 0 Å². The lowest BCUT2D eigenvalue weighted by Crippen LogP contribution is -2.42. The van der Waals surface area contributed by atoms with Crippen LogP contribution >= 0.6 is 24.0 Å². The molecule has 21 heavy (non-hydrogen) atoms. The second-order valence-corrected chi connectivity index (χ2v) is 7.32. The molecule has 0 aromatic carbocycles. The van der Waals surface area contributed by atoms with E-state index in [-0.39, 0.29) is 24.0 Å². The molecule has 3 fully saturated rings. The summed E-state index contributed by atoms with van der Waals surface area (Å²) in [6, 6.07) is 0. The van der Waals surface area contributed by atoms with Crippen molar-refractivity contribution in [2.24, 2.45) is 16.3 Å². The third kappa shape index (κ3) is 4.71. The molecule has 2 aliphatic heterocycles. The smallest absolute Gasteiger partial charge is 0.193 e. The van der Waals surface area contributed by atoms with Gasteiger partial charge in [0.05, 0.1) is 0 Å². The van der Waals surface area contributed by atoms with Crippen molar-refractivity contribution in [2.75, 3.05) is 46.3 Å². The molecule has 0 amide bonds. The van der Waals surface area contributed by atoms with Crippen molar-refractivity contribution in [1.29, 1.82) is 0 Å². The first kappa shape index (κ1) is 17.3. The zero-order chi connectivity index (χ0) is 14.0. The zero-order valence-corrected chi connectivity index (χ0v) is 15.9. The molecule has 0 aromatic heterocycles. The number of aliphatic imine (C=N–C) groups is 1. The molecule has 0 spiro atoms. The van der Waals surface area contributed by atoms with Gasteiger partial charge in [-0.2, -0.15) is 0 Å². The summed E-state index contributed by atoms with van der Waals surface area (Å²) in [5.41, 5.74) is 0.546. The molecule has 1 aliphatic carbocycles. The Morgan fingerprint density at radius 1 is 1.24 bits per heavy atom. The van der Waals surface area contributed by atoms with Gasteiger partial charge >= 0.3 is 0 Å². The first-order valence-electron chi connectivity index (χ1n) is 8.36. The van der Waals surface area contributed by atoms with Gasteiger partial charge in [-0.05, 0) is 56.5 Å². The van der Waals surface area contributed by atoms with Gasteiger partial charge in [-0.25, -0.2) is 0 Å². The van der Waals surface area contributed by atoms with Crippen LogP contribution in [0.2, 0.25) is 0 Å². The maximum atomic E-state index is 4.49. The van der Waals surface area contributed by atoms with Crippen molar-refractivity contribution in [3.8, 4) is 0 Å². The van der Waals surface area contributed by atoms with Crippen LogP contribution in [0.4, 0.5) is 0 Å². The number of nitrogens with one attached hydrogen (secondary N) is 1. The highest BCUT2D eigenvalue weighted by atomic mass is 127. The lowest BCUT2D eigenvalue weighted by atomic mass is 10.1. The van der Waals surface area contributed by atoms with Crippen LogP contribution in [-0.4, -0.2) is 62.1 Å². The van der Waals surface area contributed by atoms with Gasteiger partial charge in [-0.1, -0.05) is 6.92 Å². The quantitative estimate of drug-likeness (QED) is 0.442. The Balaban J connectivity index is 0.00000161. The van der Waals surface area contributed by atoms with E-state index in [2.05, 4.69) is 27.0 Å². The van der Waals surface area contributed by atoms with Gasteiger partial charge in [0.1, 0.15) is 0 Å². The molecule has 1 unspecified atom stereocenters. The van der Waals surface area contributed by atoms with Crippen LogP contribution in [-0.2, 0) is 0 Å². The molecular formula is C16H31IN4. The SMILES string of the molecule is CN=C(NCC1(C)CC1)N1CCC(CN2CCCC2)C1.I. The highest BCUT2D eigenvalue weighted by Gasteiger charge is 2.37. The van der Waals surface area contributed by atoms with Crippen LogP contribution in [0.1, 0.15) is 39.0 Å². The molecule has 4 nitrogen and oxygen atoms in total. The molecule has 0 aromatic rings. The van der Waals surface area contributed by atoms with Gasteiger partial charge in [-0.3, -0.25) is 4.99 Å². The maximum Gasteiger partial charge on any atom is 0.193 e. The fourth-order valence-electron chi connectivity index (χ4n) is 3.52. The number of nitrogens with zero attached hydrogens (tertiary/aromatic N) is 3. The van der Waals surface area contributed by atoms with Crippen LogP contribution < -0.4 is 5.32 Å². The molecule has 2 saturated heterocycles. The number of rotatable bonds is 4. The van der Waals surface area contributed by atoms with Crippen LogP contribution in [0.5, 0.6) is 0 Å². The molecule has 1 atom stereocenters. The predicted octanol–water partition coefficient (Wildman–Crippen LogP) is 2.40. The van der Waals surface area contributed by atoms with Gasteiger partial charge in [0.2, 0.25) is 0 Å². The van der Waals surface area contributed by atoms with Crippen molar-refractivity contribution in [1.82, 2.24) is 15.1 Å². The minimum absolute atomic E-state index is 0. The number of halogens is 1. The molecule has 122 valence electrons. The van der Waals surface area contributed by atoms with Gasteiger partial charge in [-0.15, -0.1) is 24.0 Å². The van der Waals surface area contributed by atoms with Crippen LogP contribution in [0.3, 0.4) is 0 Å². The summed E-state index contributed by atoms with van der Waals surface area (Å²) in [7, 11) is 1.92. The molecule has 2 heterocycles. The molecule has 3 aliphatic rings. The van der Waals surface area contributed by atoms with E-state index in [0.717, 1.165) is 18.4 Å². The molecule has 1 N–H and O–H groups in total. The third-order valence-corrected chi connectivity index (χ3v) is 5.29. The van der Waals surface area contributed by atoms with E-state index in [1.54, 1.807) is 0 Å². The van der Waals surface area contributed by atoms with Crippen LogP contribution in [0, 0.1) is 11.3 Å². The second kappa shape index (κ2) is 7.49. The molecule has 0 bridgehead atoms. The minimum Gasteiger partial charge on any atom is -0.356 e. The zero-order valence-electron chi connectivity index (χ0n) is 13.6. The topological polar surface area (TPSA) is 30.9 Å². The van der Waals surface area contributed by atoms with Gasteiger partial charge in [0.25, 0.3) is 0 Å². The van der Waals surface area contributed by atoms with Gasteiger partial charge in [0, 0.05) is 33.2 Å². The largest absolute Gasteiger partial charge is 0.356 e. The van der Waals surface area contributed by atoms with Gasteiger partial charge in [0.15, 0.2) is 5.96 Å². The maximum absolute atomic E-state index is 4.49. The molecule has 3 rings (SSSR count). The molecular weight excluding hydrogens is 375 g/mol. The van der Waals surface area contributed by atoms with E-state index in [1.165, 1.54) is 64.8 Å². The summed E-state index contributed by atoms with van der Waals surface area (Å²) < 4.78 is 0. The normalized spacial score (nSPS) is 28.6. The Bertz CT molecular complexity index is 361. The Labute approximate surface area is 146 Å². The Hall–Kier alpha value is -0.0400. The summed E-state index contributed by atoms with van der Waals surface area (Å²) in [4.78, 5) is 9.60. The lowest BCUT2D eigenvalue weighted by Gasteiger charge is -2.24.